The number of thiophene rings is 1. The van der Waals surface area contributed by atoms with Gasteiger partial charge in [0.25, 0.3) is 0 Å². The molecule has 1 atom stereocenters. The fourth-order valence-corrected chi connectivity index (χ4v) is 2.44. The van der Waals surface area contributed by atoms with E-state index in [1.807, 2.05) is 29.3 Å². The molecule has 1 aromatic rings. The molecule has 1 aromatic heterocycles. The number of rotatable bonds is 6. The highest BCUT2D eigenvalue weighted by molar-refractivity contribution is 7.10. The predicted octanol–water partition coefficient (Wildman–Crippen LogP) is 0.555. The van der Waals surface area contributed by atoms with Gasteiger partial charge in [0.05, 0.1) is 12.6 Å². The Labute approximate surface area is 93.9 Å². The van der Waals surface area contributed by atoms with Crippen LogP contribution in [-0.2, 0) is 4.79 Å². The number of primary amides is 1. The molecular weight excluding hydrogens is 210 g/mol. The van der Waals surface area contributed by atoms with E-state index in [2.05, 4.69) is 0 Å². The molecule has 1 amide bonds. The maximum Gasteiger partial charge on any atom is 0.231 e. The number of nitrogens with zero attached hydrogens (tertiary/aromatic N) is 1. The second-order valence-corrected chi connectivity index (χ2v) is 4.28. The van der Waals surface area contributed by atoms with Gasteiger partial charge in [0.15, 0.2) is 0 Å². The van der Waals surface area contributed by atoms with Crippen molar-refractivity contribution in [3.05, 3.63) is 22.4 Å². The van der Waals surface area contributed by atoms with Gasteiger partial charge in [-0.3, -0.25) is 9.69 Å². The molecule has 4 N–H and O–H groups in total. The maximum atomic E-state index is 10.9. The molecule has 0 aliphatic rings. The SMILES string of the molecule is CCN(CC(N)=O)C(CN)c1cccs1. The summed E-state index contributed by atoms with van der Waals surface area (Å²) >= 11 is 1.65. The minimum Gasteiger partial charge on any atom is -0.369 e. The molecule has 0 aliphatic heterocycles. The highest BCUT2D eigenvalue weighted by atomic mass is 32.1. The van der Waals surface area contributed by atoms with E-state index in [-0.39, 0.29) is 18.5 Å². The van der Waals surface area contributed by atoms with E-state index in [0.29, 0.717) is 6.54 Å². The van der Waals surface area contributed by atoms with E-state index in [0.717, 1.165) is 6.54 Å². The van der Waals surface area contributed by atoms with E-state index in [9.17, 15) is 4.79 Å². The van der Waals surface area contributed by atoms with Gasteiger partial charge in [0.1, 0.15) is 0 Å². The fourth-order valence-electron chi connectivity index (χ4n) is 1.57. The average Bonchev–Trinajstić information content (AvgIpc) is 2.70. The number of hydrogen-bond donors (Lipinski definition) is 2. The van der Waals surface area contributed by atoms with Crippen LogP contribution in [-0.4, -0.2) is 30.4 Å². The van der Waals surface area contributed by atoms with Crippen LogP contribution >= 0.6 is 11.3 Å². The molecule has 5 heteroatoms. The van der Waals surface area contributed by atoms with Crippen LogP contribution in [0, 0.1) is 0 Å². The zero-order valence-electron chi connectivity index (χ0n) is 8.85. The van der Waals surface area contributed by atoms with Gasteiger partial charge in [-0.15, -0.1) is 11.3 Å². The van der Waals surface area contributed by atoms with Crippen LogP contribution in [0.1, 0.15) is 17.8 Å². The highest BCUT2D eigenvalue weighted by Crippen LogP contribution is 2.23. The largest absolute Gasteiger partial charge is 0.369 e. The van der Waals surface area contributed by atoms with E-state index >= 15 is 0 Å². The molecule has 1 heterocycles. The summed E-state index contributed by atoms with van der Waals surface area (Å²) in [5, 5.41) is 2.01. The van der Waals surface area contributed by atoms with Gasteiger partial charge in [-0.25, -0.2) is 0 Å². The van der Waals surface area contributed by atoms with Crippen molar-refractivity contribution in [1.82, 2.24) is 4.90 Å². The van der Waals surface area contributed by atoms with Crippen LogP contribution < -0.4 is 11.5 Å². The van der Waals surface area contributed by atoms with Crippen molar-refractivity contribution in [3.8, 4) is 0 Å². The Kier molecular flexibility index (Phi) is 4.74. The first-order chi connectivity index (χ1) is 7.19. The van der Waals surface area contributed by atoms with Crippen LogP contribution in [0.15, 0.2) is 17.5 Å². The zero-order chi connectivity index (χ0) is 11.3. The predicted molar refractivity (Wildman–Crippen MR) is 62.6 cm³/mol. The minimum absolute atomic E-state index is 0.0995. The van der Waals surface area contributed by atoms with E-state index in [1.54, 1.807) is 11.3 Å². The van der Waals surface area contributed by atoms with Crippen LogP contribution in [0.4, 0.5) is 0 Å². The minimum atomic E-state index is -0.313. The number of carbonyl (C=O) groups is 1. The molecule has 1 rings (SSSR count). The Balaban J connectivity index is 2.75. The quantitative estimate of drug-likeness (QED) is 0.745. The van der Waals surface area contributed by atoms with Crippen molar-refractivity contribution in [2.45, 2.75) is 13.0 Å². The third kappa shape index (κ3) is 3.30. The normalized spacial score (nSPS) is 13.0. The number of likely N-dealkylation sites (N-methyl/N-ethyl adjacent to an activating group) is 1. The average molecular weight is 227 g/mol. The lowest BCUT2D eigenvalue weighted by molar-refractivity contribution is -0.119. The Morgan fingerprint density at radius 2 is 2.40 bits per heavy atom. The Morgan fingerprint density at radius 1 is 1.67 bits per heavy atom. The van der Waals surface area contributed by atoms with Gasteiger partial charge < -0.3 is 11.5 Å². The first kappa shape index (κ1) is 12.2. The summed E-state index contributed by atoms with van der Waals surface area (Å²) < 4.78 is 0. The van der Waals surface area contributed by atoms with Crippen molar-refractivity contribution in [2.75, 3.05) is 19.6 Å². The van der Waals surface area contributed by atoms with Crippen molar-refractivity contribution in [1.29, 1.82) is 0 Å². The number of hydrogen-bond acceptors (Lipinski definition) is 4. The standard InChI is InChI=1S/C10H17N3OS/c1-2-13(7-10(12)14)8(6-11)9-4-3-5-15-9/h3-5,8H,2,6-7,11H2,1H3,(H2,12,14). The Hall–Kier alpha value is -0.910. The van der Waals surface area contributed by atoms with Gasteiger partial charge in [0.2, 0.25) is 5.91 Å². The summed E-state index contributed by atoms with van der Waals surface area (Å²) in [7, 11) is 0. The van der Waals surface area contributed by atoms with Crippen LogP contribution in [0.25, 0.3) is 0 Å². The van der Waals surface area contributed by atoms with Crippen molar-refractivity contribution < 1.29 is 4.79 Å². The molecule has 0 bridgehead atoms. The number of carbonyl (C=O) groups excluding carboxylic acids is 1. The molecular formula is C10H17N3OS. The van der Waals surface area contributed by atoms with Gasteiger partial charge in [0, 0.05) is 11.4 Å². The van der Waals surface area contributed by atoms with E-state index in [4.69, 9.17) is 11.5 Å². The molecule has 0 fully saturated rings. The first-order valence-corrected chi connectivity index (χ1v) is 5.82. The number of nitrogens with two attached hydrogens (primary N) is 2. The molecule has 0 saturated heterocycles. The summed E-state index contributed by atoms with van der Waals surface area (Å²) in [4.78, 5) is 14.1. The summed E-state index contributed by atoms with van der Waals surface area (Å²) in [5.74, 6) is -0.313. The van der Waals surface area contributed by atoms with E-state index in [1.165, 1.54) is 4.88 Å². The molecule has 15 heavy (non-hydrogen) atoms. The second-order valence-electron chi connectivity index (χ2n) is 3.30. The van der Waals surface area contributed by atoms with Crippen molar-refractivity contribution >= 4 is 17.2 Å². The number of amides is 1. The van der Waals surface area contributed by atoms with Gasteiger partial charge in [-0.05, 0) is 18.0 Å². The summed E-state index contributed by atoms with van der Waals surface area (Å²) in [6.45, 7) is 3.53. The summed E-state index contributed by atoms with van der Waals surface area (Å²) in [5.41, 5.74) is 10.9. The molecule has 84 valence electrons. The lowest BCUT2D eigenvalue weighted by Crippen LogP contribution is -2.39. The molecule has 4 nitrogen and oxygen atoms in total. The monoisotopic (exact) mass is 227 g/mol. The molecule has 0 radical (unpaired) electrons. The second kappa shape index (κ2) is 5.85. The van der Waals surface area contributed by atoms with Crippen LogP contribution in [0.3, 0.4) is 0 Å². The molecule has 0 spiro atoms. The van der Waals surface area contributed by atoms with Crippen LogP contribution in [0.2, 0.25) is 0 Å². The lowest BCUT2D eigenvalue weighted by Gasteiger charge is -2.27. The van der Waals surface area contributed by atoms with Crippen LogP contribution in [0.5, 0.6) is 0 Å². The summed E-state index contributed by atoms with van der Waals surface area (Å²) in [6, 6.07) is 4.12. The fraction of sp³-hybridized carbons (Fsp3) is 0.500. The Bertz CT molecular complexity index is 300. The third-order valence-electron chi connectivity index (χ3n) is 2.30. The van der Waals surface area contributed by atoms with E-state index < -0.39 is 0 Å². The smallest absolute Gasteiger partial charge is 0.231 e. The molecule has 0 aromatic carbocycles. The topological polar surface area (TPSA) is 72.3 Å². The van der Waals surface area contributed by atoms with Gasteiger partial charge in [-0.1, -0.05) is 13.0 Å². The molecule has 0 saturated carbocycles. The zero-order valence-corrected chi connectivity index (χ0v) is 9.67. The maximum absolute atomic E-state index is 10.9. The summed E-state index contributed by atoms with van der Waals surface area (Å²) in [6.07, 6.45) is 0. The van der Waals surface area contributed by atoms with Crippen molar-refractivity contribution in [3.63, 3.8) is 0 Å². The first-order valence-electron chi connectivity index (χ1n) is 4.94. The lowest BCUT2D eigenvalue weighted by atomic mass is 10.2. The third-order valence-corrected chi connectivity index (χ3v) is 3.27. The molecule has 0 aliphatic carbocycles. The molecule has 1 unspecified atom stereocenters. The highest BCUT2D eigenvalue weighted by Gasteiger charge is 2.19. The van der Waals surface area contributed by atoms with Gasteiger partial charge >= 0.3 is 0 Å². The van der Waals surface area contributed by atoms with Gasteiger partial charge in [-0.2, -0.15) is 0 Å². The van der Waals surface area contributed by atoms with Crippen molar-refractivity contribution in [2.24, 2.45) is 11.5 Å². The Morgan fingerprint density at radius 3 is 2.80 bits per heavy atom.